The van der Waals surface area contributed by atoms with Gasteiger partial charge in [-0.25, -0.2) is 0 Å². The topological polar surface area (TPSA) is 20.3 Å². The van der Waals surface area contributed by atoms with Gasteiger partial charge in [0.1, 0.15) is 0 Å². The number of hydrogen-bond acceptors (Lipinski definition) is 1. The summed E-state index contributed by atoms with van der Waals surface area (Å²) in [5.74, 6) is 0.351. The molecule has 0 aromatic rings. The summed E-state index contributed by atoms with van der Waals surface area (Å²) in [7, 11) is 0. The minimum atomic E-state index is 0.351. The minimum Gasteiger partial charge on any atom is -0.343 e. The van der Waals surface area contributed by atoms with E-state index in [1.807, 2.05) is 4.90 Å². The number of carbonyl (C=O) groups is 1. The maximum absolute atomic E-state index is 11.6. The second-order valence-corrected chi connectivity index (χ2v) is 3.68. The first kappa shape index (κ1) is 10.6. The Labute approximate surface area is 81.3 Å². The Morgan fingerprint density at radius 2 is 2.00 bits per heavy atom. The van der Waals surface area contributed by atoms with Gasteiger partial charge in [0, 0.05) is 19.5 Å². The van der Waals surface area contributed by atoms with E-state index in [1.54, 1.807) is 0 Å². The van der Waals surface area contributed by atoms with E-state index in [-0.39, 0.29) is 0 Å². The number of likely N-dealkylation sites (tertiary alicyclic amines) is 1. The van der Waals surface area contributed by atoms with E-state index in [0.29, 0.717) is 12.3 Å². The van der Waals surface area contributed by atoms with Gasteiger partial charge in [0.25, 0.3) is 0 Å². The molecular weight excluding hydrogens is 162 g/mol. The predicted octanol–water partition coefficient (Wildman–Crippen LogP) is 2.39. The highest BCUT2D eigenvalue weighted by Gasteiger charge is 2.15. The van der Waals surface area contributed by atoms with Crippen molar-refractivity contribution in [3.05, 3.63) is 6.42 Å². The molecule has 1 amide bonds. The van der Waals surface area contributed by atoms with Gasteiger partial charge in [0.15, 0.2) is 0 Å². The molecule has 0 aromatic carbocycles. The van der Waals surface area contributed by atoms with Crippen LogP contribution in [0.15, 0.2) is 0 Å². The van der Waals surface area contributed by atoms with E-state index in [4.69, 9.17) is 0 Å². The summed E-state index contributed by atoms with van der Waals surface area (Å²) in [6.45, 7) is 4.10. The van der Waals surface area contributed by atoms with E-state index >= 15 is 0 Å². The number of carbonyl (C=O) groups excluding carboxylic acids is 1. The molecular formula is C11H20NO. The van der Waals surface area contributed by atoms with Crippen molar-refractivity contribution >= 4 is 5.91 Å². The third-order valence-corrected chi connectivity index (χ3v) is 2.56. The number of piperidine rings is 1. The van der Waals surface area contributed by atoms with Crippen molar-refractivity contribution in [3.8, 4) is 0 Å². The van der Waals surface area contributed by atoms with E-state index < -0.39 is 0 Å². The van der Waals surface area contributed by atoms with Crippen LogP contribution < -0.4 is 0 Å². The average molecular weight is 182 g/mol. The molecule has 1 heterocycles. The monoisotopic (exact) mass is 182 g/mol. The summed E-state index contributed by atoms with van der Waals surface area (Å²) in [6.07, 6.45) is 8.62. The zero-order valence-electron chi connectivity index (χ0n) is 8.59. The Kier molecular flexibility index (Phi) is 4.87. The fourth-order valence-corrected chi connectivity index (χ4v) is 1.73. The van der Waals surface area contributed by atoms with Crippen LogP contribution in [0.5, 0.6) is 0 Å². The summed E-state index contributed by atoms with van der Waals surface area (Å²) in [6, 6.07) is 0. The second kappa shape index (κ2) is 6.01. The fourth-order valence-electron chi connectivity index (χ4n) is 1.73. The van der Waals surface area contributed by atoms with Gasteiger partial charge in [-0.2, -0.15) is 0 Å². The van der Waals surface area contributed by atoms with Crippen molar-refractivity contribution in [2.24, 2.45) is 0 Å². The van der Waals surface area contributed by atoms with Crippen LogP contribution in [0.4, 0.5) is 0 Å². The summed E-state index contributed by atoms with van der Waals surface area (Å²) >= 11 is 0. The van der Waals surface area contributed by atoms with Crippen molar-refractivity contribution in [1.29, 1.82) is 0 Å². The Morgan fingerprint density at radius 1 is 1.31 bits per heavy atom. The highest BCUT2D eigenvalue weighted by atomic mass is 16.2. The zero-order valence-corrected chi connectivity index (χ0v) is 8.59. The van der Waals surface area contributed by atoms with Gasteiger partial charge in [0.05, 0.1) is 0 Å². The molecule has 1 rings (SSSR count). The molecule has 1 radical (unpaired) electrons. The smallest absolute Gasteiger partial charge is 0.222 e. The van der Waals surface area contributed by atoms with Crippen molar-refractivity contribution in [2.45, 2.75) is 45.4 Å². The van der Waals surface area contributed by atoms with E-state index in [0.717, 1.165) is 25.9 Å². The predicted molar refractivity (Wildman–Crippen MR) is 54.3 cm³/mol. The lowest BCUT2D eigenvalue weighted by Crippen LogP contribution is -2.35. The van der Waals surface area contributed by atoms with Crippen LogP contribution in [0.2, 0.25) is 0 Å². The Hall–Kier alpha value is -0.530. The summed E-state index contributed by atoms with van der Waals surface area (Å²) in [4.78, 5) is 13.6. The molecule has 0 bridgehead atoms. The van der Waals surface area contributed by atoms with Crippen molar-refractivity contribution in [3.63, 3.8) is 0 Å². The van der Waals surface area contributed by atoms with E-state index in [2.05, 4.69) is 13.3 Å². The number of amides is 1. The Bertz CT molecular complexity index is 150. The third kappa shape index (κ3) is 3.79. The molecule has 0 N–H and O–H groups in total. The van der Waals surface area contributed by atoms with Crippen LogP contribution in [0.1, 0.15) is 45.4 Å². The molecule has 13 heavy (non-hydrogen) atoms. The molecule has 2 heteroatoms. The Morgan fingerprint density at radius 3 is 2.62 bits per heavy atom. The highest BCUT2D eigenvalue weighted by molar-refractivity contribution is 5.76. The van der Waals surface area contributed by atoms with Gasteiger partial charge >= 0.3 is 0 Å². The molecule has 1 aliphatic rings. The van der Waals surface area contributed by atoms with Crippen molar-refractivity contribution in [2.75, 3.05) is 13.1 Å². The van der Waals surface area contributed by atoms with Crippen molar-refractivity contribution < 1.29 is 4.79 Å². The van der Waals surface area contributed by atoms with Crippen LogP contribution in [-0.4, -0.2) is 23.9 Å². The highest BCUT2D eigenvalue weighted by Crippen LogP contribution is 2.11. The summed E-state index contributed by atoms with van der Waals surface area (Å²) < 4.78 is 0. The molecule has 0 saturated carbocycles. The summed E-state index contributed by atoms with van der Waals surface area (Å²) in [5.41, 5.74) is 0. The van der Waals surface area contributed by atoms with Crippen LogP contribution >= 0.6 is 0 Å². The first-order chi connectivity index (χ1) is 6.34. The fraction of sp³-hybridized carbons (Fsp3) is 0.818. The lowest BCUT2D eigenvalue weighted by atomic mass is 10.1. The largest absolute Gasteiger partial charge is 0.343 e. The van der Waals surface area contributed by atoms with E-state index in [1.165, 1.54) is 19.3 Å². The SMILES string of the molecule is CC[CH]CCC(=O)N1CCCCC1. The van der Waals surface area contributed by atoms with Crippen LogP contribution in [-0.2, 0) is 4.79 Å². The van der Waals surface area contributed by atoms with Gasteiger partial charge in [-0.15, -0.1) is 0 Å². The number of unbranched alkanes of at least 4 members (excludes halogenated alkanes) is 2. The van der Waals surface area contributed by atoms with Gasteiger partial charge in [-0.05, 0) is 32.1 Å². The zero-order chi connectivity index (χ0) is 9.52. The number of rotatable bonds is 4. The molecule has 1 aliphatic heterocycles. The Balaban J connectivity index is 2.13. The molecule has 0 spiro atoms. The quantitative estimate of drug-likeness (QED) is 0.611. The molecule has 2 nitrogen and oxygen atoms in total. The molecule has 0 aromatic heterocycles. The average Bonchev–Trinajstić information content (AvgIpc) is 2.19. The second-order valence-electron chi connectivity index (χ2n) is 3.68. The molecule has 0 unspecified atom stereocenters. The lowest BCUT2D eigenvalue weighted by molar-refractivity contribution is -0.132. The molecule has 0 aliphatic carbocycles. The number of nitrogens with zero attached hydrogens (tertiary/aromatic N) is 1. The maximum atomic E-state index is 11.6. The molecule has 75 valence electrons. The van der Waals surface area contributed by atoms with Crippen molar-refractivity contribution in [1.82, 2.24) is 4.90 Å². The van der Waals surface area contributed by atoms with Gasteiger partial charge in [-0.1, -0.05) is 13.3 Å². The van der Waals surface area contributed by atoms with Crippen LogP contribution in [0.3, 0.4) is 0 Å². The van der Waals surface area contributed by atoms with Gasteiger partial charge in [-0.3, -0.25) is 4.79 Å². The number of hydrogen-bond donors (Lipinski definition) is 0. The minimum absolute atomic E-state index is 0.351. The summed E-state index contributed by atoms with van der Waals surface area (Å²) in [5, 5.41) is 0. The van der Waals surface area contributed by atoms with Crippen LogP contribution in [0.25, 0.3) is 0 Å². The first-order valence-corrected chi connectivity index (χ1v) is 5.44. The maximum Gasteiger partial charge on any atom is 0.222 e. The van der Waals surface area contributed by atoms with Crippen LogP contribution in [0, 0.1) is 6.42 Å². The van der Waals surface area contributed by atoms with Gasteiger partial charge < -0.3 is 4.90 Å². The molecule has 0 atom stereocenters. The van der Waals surface area contributed by atoms with E-state index in [9.17, 15) is 4.79 Å². The first-order valence-electron chi connectivity index (χ1n) is 5.44. The third-order valence-electron chi connectivity index (χ3n) is 2.56. The standard InChI is InChI=1S/C11H20NO/c1-2-3-5-8-11(13)12-9-6-4-7-10-12/h3H,2,4-10H2,1H3. The normalized spacial score (nSPS) is 17.5. The molecule has 1 saturated heterocycles. The molecule has 1 fully saturated rings. The van der Waals surface area contributed by atoms with Gasteiger partial charge in [0.2, 0.25) is 5.91 Å². The lowest BCUT2D eigenvalue weighted by Gasteiger charge is -2.26.